The van der Waals surface area contributed by atoms with Crippen LogP contribution in [0.1, 0.15) is 25.3 Å². The summed E-state index contributed by atoms with van der Waals surface area (Å²) in [4.78, 5) is 11.1. The number of aryl methyl sites for hydroxylation is 1. The molecule has 0 saturated carbocycles. The van der Waals surface area contributed by atoms with Crippen LogP contribution >= 0.6 is 0 Å². The molecular weight excluding hydrogens is 212 g/mol. The lowest BCUT2D eigenvalue weighted by Crippen LogP contribution is -2.38. The molecule has 92 valence electrons. The van der Waals surface area contributed by atoms with Gasteiger partial charge in [-0.2, -0.15) is 0 Å². The number of amides is 1. The average molecular weight is 232 g/mol. The van der Waals surface area contributed by atoms with Gasteiger partial charge in [0.15, 0.2) is 0 Å². The number of carbonyl (C=O) groups is 1. The molecule has 0 aromatic heterocycles. The van der Waals surface area contributed by atoms with E-state index in [2.05, 4.69) is 41.8 Å². The molecule has 3 nitrogen and oxygen atoms in total. The number of carbonyl (C=O) groups excluding carboxylic acids is 1. The second-order valence-corrected chi connectivity index (χ2v) is 4.80. The van der Waals surface area contributed by atoms with Gasteiger partial charge in [-0.15, -0.1) is 0 Å². The van der Waals surface area contributed by atoms with Gasteiger partial charge in [-0.25, -0.2) is 0 Å². The summed E-state index contributed by atoms with van der Waals surface area (Å²) in [5.74, 6) is 0.165. The molecule has 2 N–H and O–H groups in total. The van der Waals surface area contributed by atoms with E-state index in [1.807, 2.05) is 6.07 Å². The normalized spacial score (nSPS) is 21.2. The van der Waals surface area contributed by atoms with Crippen LogP contribution in [0.3, 0.4) is 0 Å². The van der Waals surface area contributed by atoms with E-state index in [4.69, 9.17) is 0 Å². The number of rotatable bonds is 5. The first kappa shape index (κ1) is 12.1. The fourth-order valence-corrected chi connectivity index (χ4v) is 2.24. The van der Waals surface area contributed by atoms with Gasteiger partial charge in [-0.3, -0.25) is 4.79 Å². The van der Waals surface area contributed by atoms with Crippen molar-refractivity contribution in [2.45, 2.75) is 38.3 Å². The summed E-state index contributed by atoms with van der Waals surface area (Å²) >= 11 is 0. The summed E-state index contributed by atoms with van der Waals surface area (Å²) in [5.41, 5.74) is 1.38. The van der Waals surface area contributed by atoms with E-state index in [-0.39, 0.29) is 5.91 Å². The van der Waals surface area contributed by atoms with E-state index in [0.717, 1.165) is 19.4 Å². The molecular formula is C14H20N2O. The number of nitrogens with one attached hydrogen (secondary N) is 2. The van der Waals surface area contributed by atoms with Gasteiger partial charge in [0.05, 0.1) is 0 Å². The lowest BCUT2D eigenvalue weighted by molar-refractivity contribution is -0.119. The number of hydrogen-bond donors (Lipinski definition) is 2. The van der Waals surface area contributed by atoms with Gasteiger partial charge in [0.1, 0.15) is 0 Å². The first-order valence-corrected chi connectivity index (χ1v) is 6.30. The molecule has 0 spiro atoms. The Kier molecular flexibility index (Phi) is 4.15. The topological polar surface area (TPSA) is 41.1 Å². The van der Waals surface area contributed by atoms with Crippen molar-refractivity contribution in [3.05, 3.63) is 35.9 Å². The van der Waals surface area contributed by atoms with Crippen LogP contribution < -0.4 is 10.6 Å². The second-order valence-electron chi connectivity index (χ2n) is 4.80. The predicted octanol–water partition coefficient (Wildman–Crippen LogP) is 1.49. The molecule has 1 aliphatic rings. The maximum atomic E-state index is 11.1. The van der Waals surface area contributed by atoms with Crippen LogP contribution in [-0.4, -0.2) is 24.5 Å². The van der Waals surface area contributed by atoms with E-state index in [0.29, 0.717) is 18.5 Å². The molecule has 2 atom stereocenters. The number of hydrogen-bond acceptors (Lipinski definition) is 2. The maximum Gasteiger partial charge on any atom is 0.221 e. The fraction of sp³-hybridized carbons (Fsp3) is 0.500. The van der Waals surface area contributed by atoms with Gasteiger partial charge in [-0.05, 0) is 25.3 Å². The van der Waals surface area contributed by atoms with Crippen molar-refractivity contribution in [2.75, 3.05) is 6.54 Å². The predicted molar refractivity (Wildman–Crippen MR) is 68.8 cm³/mol. The minimum Gasteiger partial charge on any atom is -0.354 e. The molecule has 1 aromatic carbocycles. The Morgan fingerprint density at radius 2 is 2.18 bits per heavy atom. The van der Waals surface area contributed by atoms with Gasteiger partial charge in [-0.1, -0.05) is 30.3 Å². The standard InChI is InChI=1S/C14H20N2O/c1-11(16-13-9-14(17)15-10-13)7-8-12-5-3-2-4-6-12/h2-6,11,13,16H,7-10H2,1H3,(H,15,17). The summed E-state index contributed by atoms with van der Waals surface area (Å²) in [5, 5.41) is 6.34. The third kappa shape index (κ3) is 3.86. The highest BCUT2D eigenvalue weighted by Gasteiger charge is 2.22. The first-order chi connectivity index (χ1) is 8.24. The quantitative estimate of drug-likeness (QED) is 0.807. The van der Waals surface area contributed by atoms with Crippen molar-refractivity contribution in [1.29, 1.82) is 0 Å². The highest BCUT2D eigenvalue weighted by atomic mass is 16.1. The highest BCUT2D eigenvalue weighted by molar-refractivity contribution is 5.78. The molecule has 0 aliphatic carbocycles. The van der Waals surface area contributed by atoms with Crippen molar-refractivity contribution in [3.63, 3.8) is 0 Å². The molecule has 1 fully saturated rings. The largest absolute Gasteiger partial charge is 0.354 e. The van der Waals surface area contributed by atoms with Crippen LogP contribution in [0.4, 0.5) is 0 Å². The average Bonchev–Trinajstić information content (AvgIpc) is 2.73. The van der Waals surface area contributed by atoms with Crippen LogP contribution in [0.5, 0.6) is 0 Å². The Bertz CT molecular complexity index is 364. The minimum atomic E-state index is 0.165. The smallest absolute Gasteiger partial charge is 0.221 e. The Balaban J connectivity index is 1.71. The molecule has 1 aliphatic heterocycles. The van der Waals surface area contributed by atoms with Crippen molar-refractivity contribution in [2.24, 2.45) is 0 Å². The van der Waals surface area contributed by atoms with Crippen molar-refractivity contribution >= 4 is 5.91 Å². The molecule has 3 heteroatoms. The zero-order valence-electron chi connectivity index (χ0n) is 10.3. The van der Waals surface area contributed by atoms with Crippen LogP contribution in [0.15, 0.2) is 30.3 Å². The molecule has 1 heterocycles. The highest BCUT2D eigenvalue weighted by Crippen LogP contribution is 2.07. The molecule has 1 saturated heterocycles. The van der Waals surface area contributed by atoms with Crippen LogP contribution in [0, 0.1) is 0 Å². The van der Waals surface area contributed by atoms with Gasteiger partial charge in [0.25, 0.3) is 0 Å². The van der Waals surface area contributed by atoms with Crippen molar-refractivity contribution in [1.82, 2.24) is 10.6 Å². The summed E-state index contributed by atoms with van der Waals surface area (Å²) < 4.78 is 0. The Hall–Kier alpha value is -1.35. The molecule has 17 heavy (non-hydrogen) atoms. The third-order valence-electron chi connectivity index (χ3n) is 3.21. The number of benzene rings is 1. The molecule has 1 amide bonds. The Labute approximate surface area is 103 Å². The van der Waals surface area contributed by atoms with Gasteiger partial charge < -0.3 is 10.6 Å². The van der Waals surface area contributed by atoms with Gasteiger partial charge in [0, 0.05) is 25.0 Å². The lowest BCUT2D eigenvalue weighted by Gasteiger charge is -2.17. The summed E-state index contributed by atoms with van der Waals surface area (Å²) in [7, 11) is 0. The SMILES string of the molecule is CC(CCc1ccccc1)NC1CNC(=O)C1. The Morgan fingerprint density at radius 1 is 1.41 bits per heavy atom. The molecule has 1 aromatic rings. The van der Waals surface area contributed by atoms with E-state index in [9.17, 15) is 4.79 Å². The lowest BCUT2D eigenvalue weighted by atomic mass is 10.1. The van der Waals surface area contributed by atoms with Crippen molar-refractivity contribution < 1.29 is 4.79 Å². The van der Waals surface area contributed by atoms with E-state index in [1.165, 1.54) is 5.56 Å². The summed E-state index contributed by atoms with van der Waals surface area (Å²) in [6, 6.07) is 11.3. The zero-order valence-corrected chi connectivity index (χ0v) is 10.3. The molecule has 0 radical (unpaired) electrons. The van der Waals surface area contributed by atoms with Crippen LogP contribution in [0.2, 0.25) is 0 Å². The minimum absolute atomic E-state index is 0.165. The van der Waals surface area contributed by atoms with Gasteiger partial charge in [0.2, 0.25) is 5.91 Å². The van der Waals surface area contributed by atoms with Crippen LogP contribution in [0.25, 0.3) is 0 Å². The first-order valence-electron chi connectivity index (χ1n) is 6.30. The monoisotopic (exact) mass is 232 g/mol. The Morgan fingerprint density at radius 3 is 2.82 bits per heavy atom. The van der Waals surface area contributed by atoms with E-state index in [1.54, 1.807) is 0 Å². The van der Waals surface area contributed by atoms with Crippen molar-refractivity contribution in [3.8, 4) is 0 Å². The maximum absolute atomic E-state index is 11.1. The van der Waals surface area contributed by atoms with E-state index >= 15 is 0 Å². The van der Waals surface area contributed by atoms with Gasteiger partial charge >= 0.3 is 0 Å². The summed E-state index contributed by atoms with van der Waals surface area (Å²) in [6.45, 7) is 2.96. The van der Waals surface area contributed by atoms with E-state index < -0.39 is 0 Å². The summed E-state index contributed by atoms with van der Waals surface area (Å²) in [6.07, 6.45) is 2.81. The fourth-order valence-electron chi connectivity index (χ4n) is 2.24. The third-order valence-corrected chi connectivity index (χ3v) is 3.21. The molecule has 2 rings (SSSR count). The van der Waals surface area contributed by atoms with Crippen LogP contribution in [-0.2, 0) is 11.2 Å². The zero-order chi connectivity index (χ0) is 12.1. The molecule has 2 unspecified atom stereocenters. The second kappa shape index (κ2) is 5.82. The molecule has 0 bridgehead atoms.